The molecule has 1 aromatic rings. The van der Waals surface area contributed by atoms with Crippen molar-refractivity contribution in [2.24, 2.45) is 0 Å². The average molecular weight is 367 g/mol. The molecule has 8 heteroatoms. The normalized spacial score (nSPS) is 10.3. The van der Waals surface area contributed by atoms with Crippen molar-refractivity contribution >= 4 is 23.8 Å². The van der Waals surface area contributed by atoms with Crippen molar-refractivity contribution in [1.82, 2.24) is 4.57 Å². The monoisotopic (exact) mass is 367 g/mol. The number of rotatable bonds is 9. The van der Waals surface area contributed by atoms with Gasteiger partial charge in [-0.05, 0) is 31.4 Å². The summed E-state index contributed by atoms with van der Waals surface area (Å²) in [6, 6.07) is 0. The van der Waals surface area contributed by atoms with Crippen molar-refractivity contribution in [3.63, 3.8) is 0 Å². The van der Waals surface area contributed by atoms with E-state index in [1.165, 1.54) is 24.6 Å². The molecule has 0 unspecified atom stereocenters. The Morgan fingerprint density at radius 3 is 2.12 bits per heavy atom. The van der Waals surface area contributed by atoms with Gasteiger partial charge in [-0.2, -0.15) is 0 Å². The largest absolute Gasteiger partial charge is 0.466 e. The van der Waals surface area contributed by atoms with Crippen LogP contribution in [0.4, 0.5) is 0 Å². The van der Waals surface area contributed by atoms with E-state index in [0.717, 1.165) is 0 Å². The molecule has 0 aliphatic heterocycles. The molecule has 0 spiro atoms. The lowest BCUT2D eigenvalue weighted by Gasteiger charge is -2.10. The number of aromatic nitrogens is 1. The molecule has 144 valence electrons. The molecule has 1 aromatic heterocycles. The first-order chi connectivity index (χ1) is 12.3. The SMILES string of the molecule is CCOC(=O)CCc1c(CC(=O)OCC)cn(C(C)=O)c1COC(C)=O. The molecule has 0 saturated carbocycles. The Morgan fingerprint density at radius 2 is 1.58 bits per heavy atom. The van der Waals surface area contributed by atoms with E-state index in [1.54, 1.807) is 13.8 Å². The topological polar surface area (TPSA) is 101 Å². The molecule has 0 aromatic carbocycles. The summed E-state index contributed by atoms with van der Waals surface area (Å²) in [5.41, 5.74) is 1.61. The van der Waals surface area contributed by atoms with Crippen LogP contribution in [0.5, 0.6) is 0 Å². The Labute approximate surface area is 152 Å². The fourth-order valence-corrected chi connectivity index (χ4v) is 2.53. The molecule has 0 amide bonds. The maximum atomic E-state index is 11.9. The maximum absolute atomic E-state index is 11.9. The third kappa shape index (κ3) is 6.34. The molecule has 0 fully saturated rings. The first-order valence-corrected chi connectivity index (χ1v) is 8.47. The van der Waals surface area contributed by atoms with Gasteiger partial charge in [0, 0.05) is 26.5 Å². The highest BCUT2D eigenvalue weighted by Crippen LogP contribution is 2.22. The number of ether oxygens (including phenoxy) is 3. The number of hydrogen-bond acceptors (Lipinski definition) is 7. The van der Waals surface area contributed by atoms with Gasteiger partial charge >= 0.3 is 17.9 Å². The van der Waals surface area contributed by atoms with E-state index in [1.807, 2.05) is 0 Å². The summed E-state index contributed by atoms with van der Waals surface area (Å²) in [6.45, 7) is 6.41. The summed E-state index contributed by atoms with van der Waals surface area (Å²) in [7, 11) is 0. The Balaban J connectivity index is 3.20. The second kappa shape index (κ2) is 10.4. The minimum Gasteiger partial charge on any atom is -0.466 e. The highest BCUT2D eigenvalue weighted by molar-refractivity contribution is 5.80. The molecule has 0 aliphatic rings. The predicted octanol–water partition coefficient (Wildman–Crippen LogP) is 1.81. The van der Waals surface area contributed by atoms with Crippen LogP contribution in [0, 0.1) is 0 Å². The lowest BCUT2D eigenvalue weighted by Crippen LogP contribution is -2.13. The highest BCUT2D eigenvalue weighted by atomic mass is 16.5. The van der Waals surface area contributed by atoms with Gasteiger partial charge in [0.25, 0.3) is 0 Å². The van der Waals surface area contributed by atoms with Crippen LogP contribution in [0.2, 0.25) is 0 Å². The Kier molecular flexibility index (Phi) is 8.54. The van der Waals surface area contributed by atoms with Gasteiger partial charge in [0.15, 0.2) is 0 Å². The van der Waals surface area contributed by atoms with Crippen molar-refractivity contribution in [2.45, 2.75) is 53.6 Å². The van der Waals surface area contributed by atoms with E-state index in [0.29, 0.717) is 16.8 Å². The summed E-state index contributed by atoms with van der Waals surface area (Å²) < 4.78 is 16.3. The first kappa shape index (κ1) is 21.4. The highest BCUT2D eigenvalue weighted by Gasteiger charge is 2.22. The van der Waals surface area contributed by atoms with Crippen LogP contribution in [0.1, 0.15) is 55.7 Å². The van der Waals surface area contributed by atoms with Gasteiger partial charge in [-0.1, -0.05) is 0 Å². The van der Waals surface area contributed by atoms with Crippen molar-refractivity contribution < 1.29 is 33.4 Å². The summed E-state index contributed by atoms with van der Waals surface area (Å²) in [5.74, 6) is -1.61. The number of nitrogens with zero attached hydrogens (tertiary/aromatic N) is 1. The molecule has 0 saturated heterocycles. The van der Waals surface area contributed by atoms with Crippen LogP contribution in [0.15, 0.2) is 6.20 Å². The molecule has 8 nitrogen and oxygen atoms in total. The average Bonchev–Trinajstić information content (AvgIpc) is 2.89. The molecule has 0 bridgehead atoms. The Hall–Kier alpha value is -2.64. The summed E-state index contributed by atoms with van der Waals surface area (Å²) in [5, 5.41) is 0. The number of hydrogen-bond donors (Lipinski definition) is 0. The van der Waals surface area contributed by atoms with Gasteiger partial charge in [-0.15, -0.1) is 0 Å². The van der Waals surface area contributed by atoms with E-state index in [4.69, 9.17) is 14.2 Å². The van der Waals surface area contributed by atoms with Crippen LogP contribution < -0.4 is 0 Å². The van der Waals surface area contributed by atoms with E-state index in [-0.39, 0.29) is 51.0 Å². The summed E-state index contributed by atoms with van der Waals surface area (Å²) in [4.78, 5) is 46.7. The molecule has 0 aliphatic carbocycles. The minimum atomic E-state index is -0.496. The van der Waals surface area contributed by atoms with Gasteiger partial charge in [0.05, 0.1) is 25.3 Å². The smallest absolute Gasteiger partial charge is 0.310 e. The summed E-state index contributed by atoms with van der Waals surface area (Å²) in [6.07, 6.45) is 1.82. The van der Waals surface area contributed by atoms with Gasteiger partial charge in [-0.25, -0.2) is 0 Å². The van der Waals surface area contributed by atoms with Crippen LogP contribution in [-0.4, -0.2) is 41.6 Å². The molecule has 1 rings (SSSR count). The van der Waals surface area contributed by atoms with Crippen molar-refractivity contribution in [1.29, 1.82) is 0 Å². The number of esters is 3. The lowest BCUT2D eigenvalue weighted by atomic mass is 10.0. The van der Waals surface area contributed by atoms with Crippen molar-refractivity contribution in [3.8, 4) is 0 Å². The van der Waals surface area contributed by atoms with Crippen LogP contribution in [0.3, 0.4) is 0 Å². The lowest BCUT2D eigenvalue weighted by molar-refractivity contribution is -0.144. The molecule has 26 heavy (non-hydrogen) atoms. The minimum absolute atomic E-state index is 0.0423. The van der Waals surface area contributed by atoms with Gasteiger partial charge < -0.3 is 14.2 Å². The molecular weight excluding hydrogens is 342 g/mol. The molecule has 1 heterocycles. The van der Waals surface area contributed by atoms with E-state index in [2.05, 4.69) is 0 Å². The van der Waals surface area contributed by atoms with Gasteiger partial charge in [0.1, 0.15) is 6.61 Å². The molecular formula is C18H25NO7. The van der Waals surface area contributed by atoms with Gasteiger partial charge in [0.2, 0.25) is 5.91 Å². The Bertz CT molecular complexity index is 675. The third-order valence-corrected chi connectivity index (χ3v) is 3.59. The number of carbonyl (C=O) groups excluding carboxylic acids is 4. The second-order valence-corrected chi connectivity index (χ2v) is 5.54. The maximum Gasteiger partial charge on any atom is 0.310 e. The first-order valence-electron chi connectivity index (χ1n) is 8.47. The standard InChI is InChI=1S/C18H25NO7/c1-5-24-17(22)8-7-15-14(9-18(23)25-6-2)10-19(12(3)20)16(15)11-26-13(4)21/h10H,5-9,11H2,1-4H3. The van der Waals surface area contributed by atoms with Gasteiger partial charge in [-0.3, -0.25) is 23.7 Å². The quantitative estimate of drug-likeness (QED) is 0.484. The van der Waals surface area contributed by atoms with Crippen LogP contribution in [-0.2, 0) is 48.0 Å². The molecule has 0 N–H and O–H groups in total. The zero-order valence-corrected chi connectivity index (χ0v) is 15.6. The molecule has 0 atom stereocenters. The third-order valence-electron chi connectivity index (χ3n) is 3.59. The fraction of sp³-hybridized carbons (Fsp3) is 0.556. The van der Waals surface area contributed by atoms with Crippen LogP contribution in [0.25, 0.3) is 0 Å². The van der Waals surface area contributed by atoms with Crippen molar-refractivity contribution in [2.75, 3.05) is 13.2 Å². The van der Waals surface area contributed by atoms with Crippen molar-refractivity contribution in [3.05, 3.63) is 23.0 Å². The van der Waals surface area contributed by atoms with Crippen LogP contribution >= 0.6 is 0 Å². The van der Waals surface area contributed by atoms with E-state index >= 15 is 0 Å². The summed E-state index contributed by atoms with van der Waals surface area (Å²) >= 11 is 0. The fourth-order valence-electron chi connectivity index (χ4n) is 2.53. The predicted molar refractivity (Wildman–Crippen MR) is 91.5 cm³/mol. The number of carbonyl (C=O) groups is 4. The second-order valence-electron chi connectivity index (χ2n) is 5.54. The zero-order chi connectivity index (χ0) is 19.7. The van der Waals surface area contributed by atoms with E-state index in [9.17, 15) is 19.2 Å². The van der Waals surface area contributed by atoms with E-state index < -0.39 is 11.9 Å². The zero-order valence-electron chi connectivity index (χ0n) is 15.6. The molecule has 0 radical (unpaired) electrons. The Morgan fingerprint density at radius 1 is 0.962 bits per heavy atom.